The van der Waals surface area contributed by atoms with Crippen molar-refractivity contribution in [2.24, 2.45) is 5.73 Å². The zero-order valence-electron chi connectivity index (χ0n) is 15.7. The van der Waals surface area contributed by atoms with Crippen LogP contribution in [0.4, 0.5) is 13.2 Å². The van der Waals surface area contributed by atoms with Crippen molar-refractivity contribution < 1.29 is 22.8 Å². The van der Waals surface area contributed by atoms with Crippen LogP contribution in [0.3, 0.4) is 0 Å². The lowest BCUT2D eigenvalue weighted by atomic mass is 9.88. The number of carbonyl (C=O) groups is 2. The molecule has 2 atom stereocenters. The first-order chi connectivity index (χ1) is 14.1. The first-order valence-electron chi connectivity index (χ1n) is 9.37. The van der Waals surface area contributed by atoms with E-state index in [0.29, 0.717) is 5.02 Å². The molecular formula is C20H19ClF3N3O2S. The molecule has 4 rings (SSSR count). The van der Waals surface area contributed by atoms with E-state index >= 15 is 4.39 Å². The largest absolute Gasteiger partial charge is 0.358 e. The van der Waals surface area contributed by atoms with E-state index in [4.69, 9.17) is 17.3 Å². The second kappa shape index (κ2) is 7.94. The third-order valence-corrected chi connectivity index (χ3v) is 6.82. The van der Waals surface area contributed by atoms with Gasteiger partial charge in [0.15, 0.2) is 5.78 Å². The SMILES string of the molecule is N[C@H]1CSC2=C(F)C(C(=O)NC3CC(F)(F)C3)=CN(Cc3ccc(Cl)cc3)C2C1=O. The zero-order valence-corrected chi connectivity index (χ0v) is 17.3. The molecule has 10 heteroatoms. The molecule has 160 valence electrons. The fraction of sp³-hybridized carbons (Fsp3) is 0.400. The van der Waals surface area contributed by atoms with Crippen molar-refractivity contribution in [1.82, 2.24) is 10.2 Å². The number of nitrogens with two attached hydrogens (primary N) is 1. The second-order valence-corrected chi connectivity index (χ2v) is 9.18. The van der Waals surface area contributed by atoms with Crippen LogP contribution in [-0.2, 0) is 16.1 Å². The van der Waals surface area contributed by atoms with Crippen molar-refractivity contribution in [2.75, 3.05) is 5.75 Å². The maximum absolute atomic E-state index is 15.2. The molecule has 1 saturated carbocycles. The number of thioether (sulfide) groups is 1. The number of ketones is 1. The molecule has 2 aliphatic heterocycles. The first-order valence-corrected chi connectivity index (χ1v) is 10.7. The Morgan fingerprint density at radius 1 is 1.30 bits per heavy atom. The van der Waals surface area contributed by atoms with Crippen LogP contribution in [0.5, 0.6) is 0 Å². The number of Topliss-reactive ketones (excluding diaryl/α,β-unsaturated/α-hetero) is 1. The van der Waals surface area contributed by atoms with Crippen molar-refractivity contribution in [3.05, 3.63) is 57.4 Å². The summed E-state index contributed by atoms with van der Waals surface area (Å²) in [6.45, 7) is 0.218. The summed E-state index contributed by atoms with van der Waals surface area (Å²) in [5.74, 6) is -4.51. The topological polar surface area (TPSA) is 75.4 Å². The molecule has 0 bridgehead atoms. The number of nitrogens with zero attached hydrogens (tertiary/aromatic N) is 1. The number of carbonyl (C=O) groups excluding carboxylic acids is 2. The molecule has 1 unspecified atom stereocenters. The Bertz CT molecular complexity index is 943. The van der Waals surface area contributed by atoms with E-state index in [0.717, 1.165) is 17.3 Å². The lowest BCUT2D eigenvalue weighted by molar-refractivity contribution is -0.127. The Labute approximate surface area is 180 Å². The van der Waals surface area contributed by atoms with Crippen LogP contribution in [0, 0.1) is 0 Å². The minimum atomic E-state index is -2.80. The van der Waals surface area contributed by atoms with E-state index in [1.165, 1.54) is 6.20 Å². The Kier molecular flexibility index (Phi) is 5.63. The van der Waals surface area contributed by atoms with Gasteiger partial charge in [-0.3, -0.25) is 9.59 Å². The number of halogens is 4. The molecule has 30 heavy (non-hydrogen) atoms. The lowest BCUT2D eigenvalue weighted by Crippen LogP contribution is -2.54. The molecule has 1 aromatic rings. The van der Waals surface area contributed by atoms with Gasteiger partial charge in [0.25, 0.3) is 11.8 Å². The molecule has 0 spiro atoms. The highest BCUT2D eigenvalue weighted by Gasteiger charge is 2.47. The average molecular weight is 458 g/mol. The number of rotatable bonds is 4. The molecule has 5 nitrogen and oxygen atoms in total. The van der Waals surface area contributed by atoms with E-state index in [2.05, 4.69) is 5.32 Å². The van der Waals surface area contributed by atoms with Gasteiger partial charge < -0.3 is 16.0 Å². The average Bonchev–Trinajstić information content (AvgIpc) is 2.66. The summed E-state index contributed by atoms with van der Waals surface area (Å²) in [6, 6.07) is 4.53. The van der Waals surface area contributed by atoms with Gasteiger partial charge in [-0.1, -0.05) is 23.7 Å². The van der Waals surface area contributed by atoms with Crippen LogP contribution in [0.1, 0.15) is 18.4 Å². The van der Waals surface area contributed by atoms with E-state index < -0.39 is 48.6 Å². The van der Waals surface area contributed by atoms with Crippen LogP contribution >= 0.6 is 23.4 Å². The normalized spacial score (nSPS) is 26.1. The highest BCUT2D eigenvalue weighted by atomic mass is 35.5. The summed E-state index contributed by atoms with van der Waals surface area (Å²) in [6.07, 6.45) is 0.341. The predicted octanol–water partition coefficient (Wildman–Crippen LogP) is 3.15. The summed E-state index contributed by atoms with van der Waals surface area (Å²) in [4.78, 5) is 27.0. The van der Waals surface area contributed by atoms with Gasteiger partial charge in [-0.05, 0) is 17.7 Å². The molecule has 2 fully saturated rings. The van der Waals surface area contributed by atoms with Gasteiger partial charge >= 0.3 is 0 Å². The van der Waals surface area contributed by atoms with Gasteiger partial charge in [-0.15, -0.1) is 11.8 Å². The lowest BCUT2D eigenvalue weighted by Gasteiger charge is -2.40. The molecular weight excluding hydrogens is 439 g/mol. The first kappa shape index (κ1) is 21.3. The van der Waals surface area contributed by atoms with Crippen LogP contribution in [0.25, 0.3) is 0 Å². The molecule has 3 aliphatic rings. The number of hydrogen-bond acceptors (Lipinski definition) is 5. The Morgan fingerprint density at radius 3 is 2.60 bits per heavy atom. The Morgan fingerprint density at radius 2 is 1.97 bits per heavy atom. The summed E-state index contributed by atoms with van der Waals surface area (Å²) < 4.78 is 41.3. The highest BCUT2D eigenvalue weighted by Crippen LogP contribution is 2.41. The fourth-order valence-electron chi connectivity index (χ4n) is 3.72. The summed E-state index contributed by atoms with van der Waals surface area (Å²) >= 11 is 7.01. The highest BCUT2D eigenvalue weighted by molar-refractivity contribution is 8.03. The number of benzene rings is 1. The van der Waals surface area contributed by atoms with E-state index in [-0.39, 0.29) is 28.6 Å². The minimum Gasteiger partial charge on any atom is -0.358 e. The van der Waals surface area contributed by atoms with Crippen molar-refractivity contribution in [3.8, 4) is 0 Å². The van der Waals surface area contributed by atoms with Crippen molar-refractivity contribution in [1.29, 1.82) is 0 Å². The molecule has 0 radical (unpaired) electrons. The molecule has 2 heterocycles. The van der Waals surface area contributed by atoms with E-state index in [9.17, 15) is 18.4 Å². The van der Waals surface area contributed by atoms with Crippen LogP contribution in [-0.4, -0.2) is 46.4 Å². The molecule has 0 aromatic heterocycles. The van der Waals surface area contributed by atoms with Gasteiger partial charge in [0.05, 0.1) is 16.5 Å². The van der Waals surface area contributed by atoms with E-state index in [1.807, 2.05) is 0 Å². The zero-order chi connectivity index (χ0) is 21.6. The van der Waals surface area contributed by atoms with Gasteiger partial charge in [-0.2, -0.15) is 0 Å². The molecule has 1 amide bonds. The van der Waals surface area contributed by atoms with Gasteiger partial charge in [0.2, 0.25) is 0 Å². The summed E-state index contributed by atoms with van der Waals surface area (Å²) in [5.41, 5.74) is 6.41. The fourth-order valence-corrected chi connectivity index (χ4v) is 5.02. The molecule has 1 aliphatic carbocycles. The number of hydrogen-bond donors (Lipinski definition) is 2. The third-order valence-electron chi connectivity index (χ3n) is 5.33. The predicted molar refractivity (Wildman–Crippen MR) is 109 cm³/mol. The standard InChI is InChI=1S/C20H19ClF3N3O2S/c21-11-3-1-10(2-4-11)7-27-8-13(19(29)26-12-5-20(23,24)6-12)15(22)18-16(27)17(28)14(25)9-30-18/h1-4,8,12,14,16H,5-7,9,25H2,(H,26,29)/t14-,16?/m0/s1. The maximum Gasteiger partial charge on any atom is 0.255 e. The third kappa shape index (κ3) is 4.10. The van der Waals surface area contributed by atoms with Crippen molar-refractivity contribution >= 4 is 35.1 Å². The monoisotopic (exact) mass is 457 g/mol. The molecule has 1 saturated heterocycles. The van der Waals surface area contributed by atoms with Gasteiger partial charge in [-0.25, -0.2) is 13.2 Å². The second-order valence-electron chi connectivity index (χ2n) is 7.68. The van der Waals surface area contributed by atoms with Crippen molar-refractivity contribution in [3.63, 3.8) is 0 Å². The molecule has 3 N–H and O–H groups in total. The Hall–Kier alpha value is -1.97. The minimum absolute atomic E-state index is 0.127. The van der Waals surface area contributed by atoms with Gasteiger partial charge in [0.1, 0.15) is 11.9 Å². The quantitative estimate of drug-likeness (QED) is 0.726. The summed E-state index contributed by atoms with van der Waals surface area (Å²) in [5, 5.41) is 3.00. The van der Waals surface area contributed by atoms with Crippen LogP contribution < -0.4 is 11.1 Å². The number of nitrogens with one attached hydrogen (secondary N) is 1. The van der Waals surface area contributed by atoms with Crippen LogP contribution in [0.2, 0.25) is 5.02 Å². The number of alkyl halides is 2. The summed E-state index contributed by atoms with van der Waals surface area (Å²) in [7, 11) is 0. The number of fused-ring (bicyclic) bond motifs is 1. The number of amides is 1. The smallest absolute Gasteiger partial charge is 0.255 e. The molecule has 1 aromatic carbocycles. The van der Waals surface area contributed by atoms with E-state index in [1.54, 1.807) is 29.2 Å². The van der Waals surface area contributed by atoms with Crippen LogP contribution in [0.15, 0.2) is 46.8 Å². The maximum atomic E-state index is 15.2. The van der Waals surface area contributed by atoms with Crippen molar-refractivity contribution in [2.45, 2.75) is 43.4 Å². The van der Waals surface area contributed by atoms with Gasteiger partial charge in [0, 0.05) is 42.4 Å². The Balaban J connectivity index is 1.62.